The molecule has 0 aliphatic heterocycles. The van der Waals surface area contributed by atoms with Crippen LogP contribution in [0.1, 0.15) is 11.5 Å². The van der Waals surface area contributed by atoms with E-state index in [1.54, 1.807) is 18.7 Å². The van der Waals surface area contributed by atoms with Gasteiger partial charge in [0, 0.05) is 25.1 Å². The Labute approximate surface area is 88.2 Å². The largest absolute Gasteiger partial charge is 0.329 e. The van der Waals surface area contributed by atoms with Gasteiger partial charge in [-0.2, -0.15) is 0 Å². The summed E-state index contributed by atoms with van der Waals surface area (Å²) in [5.41, 5.74) is 1.02. The Kier molecular flexibility index (Phi) is 3.04. The van der Waals surface area contributed by atoms with Crippen molar-refractivity contribution in [1.29, 1.82) is 0 Å². The monoisotopic (exact) mass is 203 g/mol. The Morgan fingerprint density at radius 3 is 2.80 bits per heavy atom. The van der Waals surface area contributed by atoms with E-state index in [0.717, 1.165) is 18.1 Å². The summed E-state index contributed by atoms with van der Waals surface area (Å²) in [6.07, 6.45) is 7.28. The summed E-state index contributed by atoms with van der Waals surface area (Å²) in [5, 5.41) is 3.05. The molecule has 2 aromatic rings. The van der Waals surface area contributed by atoms with Crippen molar-refractivity contribution in [3.8, 4) is 0 Å². The van der Waals surface area contributed by atoms with Crippen molar-refractivity contribution in [2.24, 2.45) is 0 Å². The highest BCUT2D eigenvalue weighted by atomic mass is 15.1. The average Bonchev–Trinajstić information content (AvgIpc) is 2.68. The lowest BCUT2D eigenvalue weighted by Gasteiger charge is -1.99. The summed E-state index contributed by atoms with van der Waals surface area (Å²) in [6.45, 7) is 1.44. The minimum atomic E-state index is 0.664. The molecule has 0 radical (unpaired) electrons. The van der Waals surface area contributed by atoms with E-state index in [2.05, 4.69) is 20.3 Å². The minimum Gasteiger partial charge on any atom is -0.329 e. The van der Waals surface area contributed by atoms with Crippen LogP contribution in [0.5, 0.6) is 0 Å². The van der Waals surface area contributed by atoms with Crippen LogP contribution in [0.15, 0.2) is 31.0 Å². The molecule has 5 nitrogen and oxygen atoms in total. The third-order valence-electron chi connectivity index (χ3n) is 1.99. The molecule has 0 aliphatic carbocycles. The Hall–Kier alpha value is -1.75. The summed E-state index contributed by atoms with van der Waals surface area (Å²) in [5.74, 6) is 0.797. The molecule has 0 bridgehead atoms. The van der Waals surface area contributed by atoms with Crippen molar-refractivity contribution in [2.75, 3.05) is 7.05 Å². The number of rotatable bonds is 4. The van der Waals surface area contributed by atoms with E-state index in [0.29, 0.717) is 6.54 Å². The first-order valence-electron chi connectivity index (χ1n) is 4.79. The van der Waals surface area contributed by atoms with Gasteiger partial charge in [-0.25, -0.2) is 15.0 Å². The molecular weight excluding hydrogens is 190 g/mol. The standard InChI is InChI=1S/C10H13N5/c1-11-5-9-6-15(8-14-9)7-10-12-3-2-4-13-10/h2-4,6,8,11H,5,7H2,1H3. The van der Waals surface area contributed by atoms with Crippen LogP contribution in [0.25, 0.3) is 0 Å². The van der Waals surface area contributed by atoms with Gasteiger partial charge in [-0.3, -0.25) is 0 Å². The fraction of sp³-hybridized carbons (Fsp3) is 0.300. The molecule has 78 valence electrons. The van der Waals surface area contributed by atoms with Crippen molar-refractivity contribution >= 4 is 0 Å². The highest BCUT2D eigenvalue weighted by molar-refractivity contribution is 4.98. The summed E-state index contributed by atoms with van der Waals surface area (Å²) >= 11 is 0. The van der Waals surface area contributed by atoms with Crippen LogP contribution in [-0.2, 0) is 13.1 Å². The van der Waals surface area contributed by atoms with Gasteiger partial charge in [0.1, 0.15) is 5.82 Å². The molecule has 0 unspecified atom stereocenters. The minimum absolute atomic E-state index is 0.664. The molecule has 0 spiro atoms. The molecule has 0 aromatic carbocycles. The number of hydrogen-bond acceptors (Lipinski definition) is 4. The number of nitrogens with zero attached hydrogens (tertiary/aromatic N) is 4. The maximum atomic E-state index is 4.25. The lowest BCUT2D eigenvalue weighted by Crippen LogP contribution is -2.05. The summed E-state index contributed by atoms with van der Waals surface area (Å²) in [4.78, 5) is 12.6. The van der Waals surface area contributed by atoms with Crippen LogP contribution in [0.2, 0.25) is 0 Å². The zero-order valence-corrected chi connectivity index (χ0v) is 8.59. The maximum absolute atomic E-state index is 4.25. The van der Waals surface area contributed by atoms with E-state index in [-0.39, 0.29) is 0 Å². The predicted octanol–water partition coefficient (Wildman–Crippen LogP) is 0.441. The Bertz CT molecular complexity index is 409. The molecule has 2 rings (SSSR count). The number of nitrogens with one attached hydrogen (secondary N) is 1. The summed E-state index contributed by atoms with van der Waals surface area (Å²) < 4.78 is 1.97. The van der Waals surface area contributed by atoms with Gasteiger partial charge >= 0.3 is 0 Å². The third-order valence-corrected chi connectivity index (χ3v) is 1.99. The van der Waals surface area contributed by atoms with Crippen LogP contribution in [0, 0.1) is 0 Å². The van der Waals surface area contributed by atoms with Crippen molar-refractivity contribution in [2.45, 2.75) is 13.1 Å². The molecule has 0 saturated carbocycles. The van der Waals surface area contributed by atoms with Gasteiger partial charge in [-0.15, -0.1) is 0 Å². The molecule has 0 aliphatic rings. The van der Waals surface area contributed by atoms with Crippen LogP contribution >= 0.6 is 0 Å². The zero-order valence-electron chi connectivity index (χ0n) is 8.59. The van der Waals surface area contributed by atoms with E-state index in [1.165, 1.54) is 0 Å². The maximum Gasteiger partial charge on any atom is 0.147 e. The van der Waals surface area contributed by atoms with Crippen LogP contribution in [-0.4, -0.2) is 26.6 Å². The zero-order chi connectivity index (χ0) is 10.5. The van der Waals surface area contributed by atoms with Gasteiger partial charge in [-0.1, -0.05) is 0 Å². The normalized spacial score (nSPS) is 10.5. The lowest BCUT2D eigenvalue weighted by molar-refractivity contribution is 0.739. The molecule has 2 aromatic heterocycles. The summed E-state index contributed by atoms with van der Waals surface area (Å²) in [6, 6.07) is 1.81. The first-order valence-corrected chi connectivity index (χ1v) is 4.79. The second-order valence-corrected chi connectivity index (χ2v) is 3.23. The van der Waals surface area contributed by atoms with E-state index in [4.69, 9.17) is 0 Å². The average molecular weight is 203 g/mol. The Morgan fingerprint density at radius 2 is 2.07 bits per heavy atom. The highest BCUT2D eigenvalue weighted by Crippen LogP contribution is 1.98. The van der Waals surface area contributed by atoms with Gasteiger partial charge in [0.05, 0.1) is 18.6 Å². The van der Waals surface area contributed by atoms with Gasteiger partial charge < -0.3 is 9.88 Å². The van der Waals surface area contributed by atoms with Crippen LogP contribution in [0.3, 0.4) is 0 Å². The molecule has 0 amide bonds. The second kappa shape index (κ2) is 4.65. The molecule has 15 heavy (non-hydrogen) atoms. The fourth-order valence-electron chi connectivity index (χ4n) is 1.34. The Balaban J connectivity index is 2.05. The molecule has 0 atom stereocenters. The molecule has 0 fully saturated rings. The van der Waals surface area contributed by atoms with Crippen LogP contribution in [0.4, 0.5) is 0 Å². The fourth-order valence-corrected chi connectivity index (χ4v) is 1.34. The highest BCUT2D eigenvalue weighted by Gasteiger charge is 1.99. The lowest BCUT2D eigenvalue weighted by atomic mass is 10.5. The third kappa shape index (κ3) is 2.60. The molecular formula is C10H13N5. The number of aromatic nitrogens is 4. The van der Waals surface area contributed by atoms with Crippen molar-refractivity contribution in [1.82, 2.24) is 24.8 Å². The first-order chi connectivity index (χ1) is 7.38. The predicted molar refractivity (Wildman–Crippen MR) is 56.1 cm³/mol. The quantitative estimate of drug-likeness (QED) is 0.783. The molecule has 5 heteroatoms. The Morgan fingerprint density at radius 1 is 1.27 bits per heavy atom. The molecule has 2 heterocycles. The first kappa shape index (κ1) is 9.79. The summed E-state index contributed by atoms with van der Waals surface area (Å²) in [7, 11) is 1.90. The van der Waals surface area contributed by atoms with E-state index < -0.39 is 0 Å². The second-order valence-electron chi connectivity index (χ2n) is 3.23. The van der Waals surface area contributed by atoms with Gasteiger partial charge in [0.25, 0.3) is 0 Å². The van der Waals surface area contributed by atoms with Crippen LogP contribution < -0.4 is 5.32 Å². The number of imidazole rings is 1. The van der Waals surface area contributed by atoms with E-state index in [1.807, 2.05) is 23.9 Å². The smallest absolute Gasteiger partial charge is 0.147 e. The SMILES string of the molecule is CNCc1cn(Cc2ncccn2)cn1. The van der Waals surface area contributed by atoms with Gasteiger partial charge in [0.2, 0.25) is 0 Å². The topological polar surface area (TPSA) is 55.6 Å². The van der Waals surface area contributed by atoms with E-state index >= 15 is 0 Å². The van der Waals surface area contributed by atoms with Crippen molar-refractivity contribution in [3.63, 3.8) is 0 Å². The van der Waals surface area contributed by atoms with Gasteiger partial charge in [0.15, 0.2) is 0 Å². The van der Waals surface area contributed by atoms with E-state index in [9.17, 15) is 0 Å². The number of hydrogen-bond donors (Lipinski definition) is 1. The molecule has 1 N–H and O–H groups in total. The van der Waals surface area contributed by atoms with Crippen molar-refractivity contribution < 1.29 is 0 Å². The van der Waals surface area contributed by atoms with Gasteiger partial charge in [-0.05, 0) is 13.1 Å². The van der Waals surface area contributed by atoms with Crippen molar-refractivity contribution in [3.05, 3.63) is 42.5 Å². The molecule has 0 saturated heterocycles.